The van der Waals surface area contributed by atoms with Gasteiger partial charge in [-0.05, 0) is 43.7 Å². The highest BCUT2D eigenvalue weighted by Gasteiger charge is 2.42. The van der Waals surface area contributed by atoms with E-state index >= 15 is 0 Å². The van der Waals surface area contributed by atoms with Crippen molar-refractivity contribution in [2.45, 2.75) is 51.0 Å². The van der Waals surface area contributed by atoms with Crippen molar-refractivity contribution in [1.82, 2.24) is 4.90 Å². The summed E-state index contributed by atoms with van der Waals surface area (Å²) in [5, 5.41) is 10.6. The molecule has 2 fully saturated rings. The van der Waals surface area contributed by atoms with Crippen LogP contribution < -0.4 is 0 Å². The summed E-state index contributed by atoms with van der Waals surface area (Å²) in [6.07, 6.45) is 7.18. The molecule has 1 aliphatic carbocycles. The van der Waals surface area contributed by atoms with E-state index in [1.54, 1.807) is 0 Å². The molecule has 0 aromatic heterocycles. The molecule has 100 valence electrons. The molecule has 1 aliphatic heterocycles. The van der Waals surface area contributed by atoms with Crippen LogP contribution in [-0.2, 0) is 0 Å². The van der Waals surface area contributed by atoms with Gasteiger partial charge in [0.15, 0.2) is 0 Å². The van der Waals surface area contributed by atoms with E-state index in [0.29, 0.717) is 5.92 Å². The molecule has 1 saturated carbocycles. The number of thioether (sulfide) groups is 1. The summed E-state index contributed by atoms with van der Waals surface area (Å²) < 4.78 is 0. The Morgan fingerprint density at radius 2 is 2.24 bits per heavy atom. The number of hydrogen-bond acceptors (Lipinski definition) is 3. The molecule has 0 radical (unpaired) electrons. The molecule has 0 aromatic rings. The quantitative estimate of drug-likeness (QED) is 0.766. The predicted molar refractivity (Wildman–Crippen MR) is 75.6 cm³/mol. The Hall–Kier alpha value is 0.270. The monoisotopic (exact) mass is 257 g/mol. The van der Waals surface area contributed by atoms with E-state index in [2.05, 4.69) is 11.8 Å². The van der Waals surface area contributed by atoms with Crippen LogP contribution in [0.2, 0.25) is 0 Å². The first-order chi connectivity index (χ1) is 8.24. The van der Waals surface area contributed by atoms with Gasteiger partial charge in [-0.15, -0.1) is 0 Å². The average molecular weight is 257 g/mol. The maximum atomic E-state index is 10.6. The van der Waals surface area contributed by atoms with E-state index in [1.165, 1.54) is 43.7 Å². The van der Waals surface area contributed by atoms with Gasteiger partial charge < -0.3 is 10.0 Å². The molecule has 1 heterocycles. The van der Waals surface area contributed by atoms with Crippen molar-refractivity contribution in [2.75, 3.05) is 31.1 Å². The highest BCUT2D eigenvalue weighted by Crippen LogP contribution is 2.39. The molecule has 0 bridgehead atoms. The minimum Gasteiger partial charge on any atom is -0.390 e. The molecule has 2 aliphatic rings. The van der Waals surface area contributed by atoms with Gasteiger partial charge in [-0.2, -0.15) is 11.8 Å². The van der Waals surface area contributed by atoms with Crippen molar-refractivity contribution < 1.29 is 5.11 Å². The molecule has 17 heavy (non-hydrogen) atoms. The maximum absolute atomic E-state index is 10.6. The summed E-state index contributed by atoms with van der Waals surface area (Å²) in [7, 11) is 0. The van der Waals surface area contributed by atoms with E-state index in [4.69, 9.17) is 0 Å². The zero-order valence-electron chi connectivity index (χ0n) is 11.2. The standard InChI is InChI=1S/C14H27NOS/c1-2-17-11-5-9-15-10-8-14(16)7-4-3-6-13(14)12-15/h13,16H,2-12H2,1H3. The predicted octanol–water partition coefficient (Wildman–Crippen LogP) is 2.76. The van der Waals surface area contributed by atoms with E-state index < -0.39 is 0 Å². The van der Waals surface area contributed by atoms with Crippen LogP contribution >= 0.6 is 11.8 Å². The van der Waals surface area contributed by atoms with Crippen molar-refractivity contribution in [3.05, 3.63) is 0 Å². The van der Waals surface area contributed by atoms with Crippen molar-refractivity contribution >= 4 is 11.8 Å². The Labute approximate surface area is 110 Å². The molecule has 2 atom stereocenters. The molecule has 3 heteroatoms. The number of fused-ring (bicyclic) bond motifs is 1. The summed E-state index contributed by atoms with van der Waals surface area (Å²) in [4.78, 5) is 2.58. The summed E-state index contributed by atoms with van der Waals surface area (Å²) >= 11 is 2.04. The lowest BCUT2D eigenvalue weighted by molar-refractivity contribution is -0.0951. The first-order valence-electron chi connectivity index (χ1n) is 7.27. The highest BCUT2D eigenvalue weighted by atomic mass is 32.2. The molecule has 1 N–H and O–H groups in total. The van der Waals surface area contributed by atoms with Gasteiger partial charge in [-0.1, -0.05) is 19.8 Å². The number of piperidine rings is 1. The Bertz CT molecular complexity index is 236. The largest absolute Gasteiger partial charge is 0.390 e. The molecule has 2 rings (SSSR count). The van der Waals surface area contributed by atoms with Gasteiger partial charge in [0.05, 0.1) is 5.60 Å². The van der Waals surface area contributed by atoms with Crippen LogP contribution in [0.15, 0.2) is 0 Å². The summed E-state index contributed by atoms with van der Waals surface area (Å²) in [5.41, 5.74) is -0.299. The van der Waals surface area contributed by atoms with Crippen LogP contribution in [0.5, 0.6) is 0 Å². The fourth-order valence-electron chi connectivity index (χ4n) is 3.38. The minimum absolute atomic E-state index is 0.299. The average Bonchev–Trinajstić information content (AvgIpc) is 2.34. The molecular weight excluding hydrogens is 230 g/mol. The molecule has 2 unspecified atom stereocenters. The Morgan fingerprint density at radius 3 is 3.06 bits per heavy atom. The third-order valence-electron chi connectivity index (χ3n) is 4.48. The lowest BCUT2D eigenvalue weighted by Gasteiger charge is -2.47. The molecule has 0 spiro atoms. The normalized spacial score (nSPS) is 34.6. The first-order valence-corrected chi connectivity index (χ1v) is 8.42. The number of aliphatic hydroxyl groups is 1. The van der Waals surface area contributed by atoms with Gasteiger partial charge in [0.25, 0.3) is 0 Å². The second-order valence-corrected chi connectivity index (χ2v) is 7.04. The first kappa shape index (κ1) is 13.7. The third-order valence-corrected chi connectivity index (χ3v) is 5.46. The van der Waals surface area contributed by atoms with Crippen molar-refractivity contribution in [1.29, 1.82) is 0 Å². The van der Waals surface area contributed by atoms with Crippen molar-refractivity contribution in [3.8, 4) is 0 Å². The van der Waals surface area contributed by atoms with Gasteiger partial charge >= 0.3 is 0 Å². The zero-order chi connectivity index (χ0) is 12.1. The summed E-state index contributed by atoms with van der Waals surface area (Å²) in [6, 6.07) is 0. The summed E-state index contributed by atoms with van der Waals surface area (Å²) in [5.74, 6) is 3.09. The fraction of sp³-hybridized carbons (Fsp3) is 1.00. The Kier molecular flexibility index (Phi) is 5.19. The molecule has 0 aromatic carbocycles. The number of nitrogens with zero attached hydrogens (tertiary/aromatic N) is 1. The van der Waals surface area contributed by atoms with Gasteiger partial charge in [-0.3, -0.25) is 0 Å². The maximum Gasteiger partial charge on any atom is 0.0700 e. The van der Waals surface area contributed by atoms with Crippen molar-refractivity contribution in [3.63, 3.8) is 0 Å². The SMILES string of the molecule is CCSCCCN1CCC2(O)CCCCC2C1. The van der Waals surface area contributed by atoms with Crippen LogP contribution in [0.4, 0.5) is 0 Å². The Morgan fingerprint density at radius 1 is 1.35 bits per heavy atom. The topological polar surface area (TPSA) is 23.5 Å². The van der Waals surface area contributed by atoms with E-state index in [0.717, 1.165) is 25.9 Å². The van der Waals surface area contributed by atoms with Crippen LogP contribution in [-0.4, -0.2) is 46.7 Å². The third kappa shape index (κ3) is 3.62. The molecule has 0 amide bonds. The number of likely N-dealkylation sites (tertiary alicyclic amines) is 1. The van der Waals surface area contributed by atoms with E-state index in [9.17, 15) is 5.11 Å². The van der Waals surface area contributed by atoms with Gasteiger partial charge in [0.1, 0.15) is 0 Å². The molecule has 2 nitrogen and oxygen atoms in total. The summed E-state index contributed by atoms with van der Waals surface area (Å²) in [6.45, 7) is 5.73. The van der Waals surface area contributed by atoms with Gasteiger partial charge in [0.2, 0.25) is 0 Å². The van der Waals surface area contributed by atoms with Crippen LogP contribution in [0.25, 0.3) is 0 Å². The van der Waals surface area contributed by atoms with Crippen LogP contribution in [0, 0.1) is 5.92 Å². The lowest BCUT2D eigenvalue weighted by Crippen LogP contribution is -2.53. The second-order valence-electron chi connectivity index (χ2n) is 5.65. The molecule has 1 saturated heterocycles. The van der Waals surface area contributed by atoms with Crippen LogP contribution in [0.3, 0.4) is 0 Å². The van der Waals surface area contributed by atoms with Gasteiger partial charge in [0, 0.05) is 19.0 Å². The smallest absolute Gasteiger partial charge is 0.0700 e. The highest BCUT2D eigenvalue weighted by molar-refractivity contribution is 7.99. The molecular formula is C14H27NOS. The van der Waals surface area contributed by atoms with E-state index in [1.807, 2.05) is 11.8 Å². The fourth-order valence-corrected chi connectivity index (χ4v) is 4.00. The minimum atomic E-state index is -0.299. The zero-order valence-corrected chi connectivity index (χ0v) is 12.0. The number of rotatable bonds is 5. The van der Waals surface area contributed by atoms with Crippen molar-refractivity contribution in [2.24, 2.45) is 5.92 Å². The Balaban J connectivity index is 1.73. The van der Waals surface area contributed by atoms with Gasteiger partial charge in [-0.25, -0.2) is 0 Å². The second kappa shape index (κ2) is 6.44. The lowest BCUT2D eigenvalue weighted by atomic mass is 9.71. The van der Waals surface area contributed by atoms with Crippen LogP contribution in [0.1, 0.15) is 45.4 Å². The van der Waals surface area contributed by atoms with E-state index in [-0.39, 0.29) is 5.60 Å². The number of hydrogen-bond donors (Lipinski definition) is 1.